The Morgan fingerprint density at radius 2 is 1.39 bits per heavy atom. The van der Waals surface area contributed by atoms with E-state index in [2.05, 4.69) is 16.0 Å². The summed E-state index contributed by atoms with van der Waals surface area (Å²) in [5.41, 5.74) is 5.74. The SMILES string of the molecule is CSCCC(NC(=O)C(CC(C)C)NC(=O)C(N)CCC(=O)O)C(=O)NC(C(=O)O)C(C)C. The molecule has 12 heteroatoms. The highest BCUT2D eigenvalue weighted by molar-refractivity contribution is 7.98. The number of aliphatic carboxylic acids is 2. The summed E-state index contributed by atoms with van der Waals surface area (Å²) in [6, 6.07) is -4.18. The molecule has 0 aromatic rings. The Kier molecular flexibility index (Phi) is 14.4. The van der Waals surface area contributed by atoms with Gasteiger partial charge in [0.05, 0.1) is 6.04 Å². The van der Waals surface area contributed by atoms with E-state index in [-0.39, 0.29) is 37.5 Å². The summed E-state index contributed by atoms with van der Waals surface area (Å²) < 4.78 is 0. The Bertz CT molecular complexity index is 688. The molecule has 0 fully saturated rings. The molecular formula is C21H38N4O7S. The van der Waals surface area contributed by atoms with Gasteiger partial charge in [-0.3, -0.25) is 19.2 Å². The maximum atomic E-state index is 13.0. The van der Waals surface area contributed by atoms with Crippen molar-refractivity contribution in [1.82, 2.24) is 16.0 Å². The van der Waals surface area contributed by atoms with Gasteiger partial charge in [0, 0.05) is 6.42 Å². The van der Waals surface area contributed by atoms with Gasteiger partial charge in [-0.1, -0.05) is 27.7 Å². The third kappa shape index (κ3) is 12.5. The van der Waals surface area contributed by atoms with Crippen molar-refractivity contribution in [3.63, 3.8) is 0 Å². The predicted molar refractivity (Wildman–Crippen MR) is 126 cm³/mol. The molecule has 190 valence electrons. The molecule has 11 nitrogen and oxygen atoms in total. The maximum absolute atomic E-state index is 13.0. The van der Waals surface area contributed by atoms with E-state index >= 15 is 0 Å². The van der Waals surface area contributed by atoms with Crippen molar-refractivity contribution in [2.45, 2.75) is 77.5 Å². The van der Waals surface area contributed by atoms with Gasteiger partial charge < -0.3 is 31.9 Å². The van der Waals surface area contributed by atoms with E-state index in [1.54, 1.807) is 13.8 Å². The average molecular weight is 491 g/mol. The number of carboxylic acids is 2. The number of rotatable bonds is 16. The Labute approximate surface area is 199 Å². The number of nitrogens with two attached hydrogens (primary N) is 1. The van der Waals surface area contributed by atoms with Crippen LogP contribution in [0.25, 0.3) is 0 Å². The van der Waals surface area contributed by atoms with Gasteiger partial charge in [-0.05, 0) is 43.1 Å². The quantitative estimate of drug-likeness (QED) is 0.175. The molecule has 0 saturated heterocycles. The van der Waals surface area contributed by atoms with Crippen LogP contribution >= 0.6 is 11.8 Å². The third-order valence-corrected chi connectivity index (χ3v) is 5.46. The number of amides is 3. The first-order valence-corrected chi connectivity index (χ1v) is 12.3. The van der Waals surface area contributed by atoms with E-state index in [1.807, 2.05) is 20.1 Å². The van der Waals surface area contributed by atoms with Crippen LogP contribution in [-0.4, -0.2) is 76.0 Å². The summed E-state index contributed by atoms with van der Waals surface area (Å²) in [4.78, 5) is 60.3. The molecule has 0 aliphatic rings. The number of hydrogen-bond donors (Lipinski definition) is 6. The maximum Gasteiger partial charge on any atom is 0.326 e. The Morgan fingerprint density at radius 1 is 0.848 bits per heavy atom. The van der Waals surface area contributed by atoms with E-state index in [0.717, 1.165) is 0 Å². The van der Waals surface area contributed by atoms with Crippen molar-refractivity contribution < 1.29 is 34.2 Å². The topological polar surface area (TPSA) is 188 Å². The summed E-state index contributed by atoms with van der Waals surface area (Å²) in [7, 11) is 0. The number of nitrogens with one attached hydrogen (secondary N) is 3. The molecular weight excluding hydrogens is 452 g/mol. The zero-order valence-electron chi connectivity index (χ0n) is 19.9. The fourth-order valence-electron chi connectivity index (χ4n) is 2.94. The molecule has 3 amide bonds. The molecule has 0 heterocycles. The molecule has 4 atom stereocenters. The van der Waals surface area contributed by atoms with Gasteiger partial charge in [-0.2, -0.15) is 11.8 Å². The van der Waals surface area contributed by atoms with Gasteiger partial charge in [0.15, 0.2) is 0 Å². The zero-order valence-corrected chi connectivity index (χ0v) is 20.7. The van der Waals surface area contributed by atoms with Gasteiger partial charge in [0.1, 0.15) is 18.1 Å². The summed E-state index contributed by atoms with van der Waals surface area (Å²) in [6.07, 6.45) is 2.01. The second-order valence-corrected chi connectivity index (χ2v) is 9.63. The molecule has 0 aliphatic carbocycles. The van der Waals surface area contributed by atoms with Crippen molar-refractivity contribution in [2.24, 2.45) is 17.6 Å². The lowest BCUT2D eigenvalue weighted by atomic mass is 10.0. The van der Waals surface area contributed by atoms with Gasteiger partial charge in [-0.15, -0.1) is 0 Å². The lowest BCUT2D eigenvalue weighted by Gasteiger charge is -2.26. The van der Waals surface area contributed by atoms with Crippen LogP contribution in [0.15, 0.2) is 0 Å². The summed E-state index contributed by atoms with van der Waals surface area (Å²) in [6.45, 7) is 7.04. The third-order valence-electron chi connectivity index (χ3n) is 4.82. The van der Waals surface area contributed by atoms with Crippen molar-refractivity contribution in [2.75, 3.05) is 12.0 Å². The summed E-state index contributed by atoms with van der Waals surface area (Å²) >= 11 is 1.47. The van der Waals surface area contributed by atoms with E-state index in [9.17, 15) is 29.1 Å². The van der Waals surface area contributed by atoms with Crippen LogP contribution < -0.4 is 21.7 Å². The summed E-state index contributed by atoms with van der Waals surface area (Å²) in [5, 5.41) is 25.8. The predicted octanol–water partition coefficient (Wildman–Crippen LogP) is 0.173. The molecule has 0 spiro atoms. The minimum atomic E-state index is -1.17. The molecule has 0 radical (unpaired) electrons. The molecule has 0 aliphatic heterocycles. The van der Waals surface area contributed by atoms with Crippen LogP contribution in [0, 0.1) is 11.8 Å². The Balaban J connectivity index is 5.42. The number of carbonyl (C=O) groups is 5. The molecule has 0 bridgehead atoms. The smallest absolute Gasteiger partial charge is 0.326 e. The van der Waals surface area contributed by atoms with Crippen molar-refractivity contribution >= 4 is 41.4 Å². The van der Waals surface area contributed by atoms with Crippen molar-refractivity contribution in [3.8, 4) is 0 Å². The van der Waals surface area contributed by atoms with E-state index in [0.29, 0.717) is 5.75 Å². The molecule has 0 aromatic heterocycles. The first kappa shape index (κ1) is 30.7. The van der Waals surface area contributed by atoms with Crippen molar-refractivity contribution in [1.29, 1.82) is 0 Å². The monoisotopic (exact) mass is 490 g/mol. The van der Waals surface area contributed by atoms with E-state index in [1.165, 1.54) is 11.8 Å². The standard InChI is InChI=1S/C21H38N4O7S/c1-11(2)10-15(24-18(28)13(22)6-7-16(26)27)20(30)23-14(8-9-33-5)19(29)25-17(12(3)4)21(31)32/h11-15,17H,6-10,22H2,1-5H3,(H,23,30)(H,24,28)(H,25,29)(H,26,27)(H,31,32). The zero-order chi connectivity index (χ0) is 25.7. The fraction of sp³-hybridized carbons (Fsp3) is 0.762. The second-order valence-electron chi connectivity index (χ2n) is 8.64. The molecule has 0 saturated carbocycles. The van der Waals surface area contributed by atoms with E-state index < -0.39 is 53.8 Å². The second kappa shape index (κ2) is 15.5. The van der Waals surface area contributed by atoms with Gasteiger partial charge >= 0.3 is 11.9 Å². The lowest BCUT2D eigenvalue weighted by Crippen LogP contribution is -2.58. The highest BCUT2D eigenvalue weighted by Crippen LogP contribution is 2.09. The molecule has 33 heavy (non-hydrogen) atoms. The van der Waals surface area contributed by atoms with Crippen LogP contribution in [0.4, 0.5) is 0 Å². The largest absolute Gasteiger partial charge is 0.481 e. The molecule has 7 N–H and O–H groups in total. The molecule has 4 unspecified atom stereocenters. The average Bonchev–Trinajstić information content (AvgIpc) is 2.71. The van der Waals surface area contributed by atoms with Crippen molar-refractivity contribution in [3.05, 3.63) is 0 Å². The van der Waals surface area contributed by atoms with Crippen LogP contribution in [0.3, 0.4) is 0 Å². The summed E-state index contributed by atoms with van der Waals surface area (Å²) in [5.74, 6) is -3.93. The Morgan fingerprint density at radius 3 is 1.85 bits per heavy atom. The number of thioether (sulfide) groups is 1. The molecule has 0 rings (SSSR count). The van der Waals surface area contributed by atoms with Gasteiger partial charge in [0.25, 0.3) is 0 Å². The van der Waals surface area contributed by atoms with Crippen LogP contribution in [0.5, 0.6) is 0 Å². The number of carbonyl (C=O) groups excluding carboxylic acids is 3. The highest BCUT2D eigenvalue weighted by Gasteiger charge is 2.31. The van der Waals surface area contributed by atoms with Gasteiger partial charge in [-0.25, -0.2) is 4.79 Å². The lowest BCUT2D eigenvalue weighted by molar-refractivity contribution is -0.143. The van der Waals surface area contributed by atoms with E-state index in [4.69, 9.17) is 10.8 Å². The molecule has 0 aromatic carbocycles. The normalized spacial score (nSPS) is 14.8. The first-order valence-electron chi connectivity index (χ1n) is 10.9. The van der Waals surface area contributed by atoms with Crippen LogP contribution in [-0.2, 0) is 24.0 Å². The Hall–Kier alpha value is -2.34. The number of carboxylic acid groups (broad SMARTS) is 2. The highest BCUT2D eigenvalue weighted by atomic mass is 32.2. The van der Waals surface area contributed by atoms with Crippen LogP contribution in [0.2, 0.25) is 0 Å². The minimum Gasteiger partial charge on any atom is -0.481 e. The van der Waals surface area contributed by atoms with Crippen LogP contribution in [0.1, 0.15) is 53.4 Å². The first-order chi connectivity index (χ1) is 15.3. The minimum absolute atomic E-state index is 0.0205. The fourth-order valence-corrected chi connectivity index (χ4v) is 3.41. The van der Waals surface area contributed by atoms with Gasteiger partial charge in [0.2, 0.25) is 17.7 Å². The number of hydrogen-bond acceptors (Lipinski definition) is 7.